The minimum absolute atomic E-state index is 0.194. The lowest BCUT2D eigenvalue weighted by Gasteiger charge is -2.06. The summed E-state index contributed by atoms with van der Waals surface area (Å²) in [6.45, 7) is 6.48. The summed E-state index contributed by atoms with van der Waals surface area (Å²) in [5.41, 5.74) is 0.194. The van der Waals surface area contributed by atoms with Crippen molar-refractivity contribution in [2.24, 2.45) is 0 Å². The zero-order valence-electron chi connectivity index (χ0n) is 5.66. The summed E-state index contributed by atoms with van der Waals surface area (Å²) < 4.78 is 12.5. The van der Waals surface area contributed by atoms with Gasteiger partial charge in [-0.05, 0) is 12.1 Å². The average molecular weight is 134 g/mol. The average Bonchev–Trinajstić information content (AvgIpc) is 1.67. The third-order valence-electron chi connectivity index (χ3n) is 0.853. The van der Waals surface area contributed by atoms with E-state index in [9.17, 15) is 4.11 Å². The highest BCUT2D eigenvalue weighted by atomic mass is 28.3. The van der Waals surface area contributed by atoms with Crippen LogP contribution in [0, 0.1) is 0 Å². The van der Waals surface area contributed by atoms with Crippen LogP contribution in [-0.4, -0.2) is 15.8 Å². The molecule has 0 aliphatic carbocycles. The van der Waals surface area contributed by atoms with Gasteiger partial charge in [0.25, 0.3) is 0 Å². The molecule has 0 saturated heterocycles. The zero-order valence-corrected chi connectivity index (χ0v) is 6.66. The molecule has 1 N–H and O–H groups in total. The largest absolute Gasteiger partial charge is 0.360 e. The lowest BCUT2D eigenvalue weighted by Crippen LogP contribution is -2.31. The van der Waals surface area contributed by atoms with Gasteiger partial charge in [0, 0.05) is 0 Å². The number of hydrogen-bond acceptors (Lipinski definition) is 1. The number of rotatable bonds is 3. The molecule has 1 nitrogen and oxygen atoms in total. The predicted octanol–water partition coefficient (Wildman–Crippen LogP) is 1.46. The van der Waals surface area contributed by atoms with E-state index in [1.165, 1.54) is 0 Å². The van der Waals surface area contributed by atoms with Crippen molar-refractivity contribution in [2.45, 2.75) is 26.3 Å². The Hall–Kier alpha value is 0.107. The van der Waals surface area contributed by atoms with Gasteiger partial charge < -0.3 is 4.98 Å². The Labute approximate surface area is 52.1 Å². The van der Waals surface area contributed by atoms with E-state index in [4.69, 9.17) is 0 Å². The molecule has 0 amide bonds. The van der Waals surface area contributed by atoms with E-state index < -0.39 is 9.29 Å². The molecule has 0 saturated carbocycles. The van der Waals surface area contributed by atoms with Gasteiger partial charge >= 0.3 is 9.29 Å². The van der Waals surface area contributed by atoms with Crippen molar-refractivity contribution in [1.29, 1.82) is 0 Å². The highest BCUT2D eigenvalue weighted by molar-refractivity contribution is 6.49. The lowest BCUT2D eigenvalue weighted by molar-refractivity contribution is 0.720. The first-order valence-corrected chi connectivity index (χ1v) is 4.40. The second-order valence-corrected chi connectivity index (χ2v) is 4.24. The first-order chi connectivity index (χ1) is 3.68. The summed E-state index contributed by atoms with van der Waals surface area (Å²) in [6.07, 6.45) is 0. The van der Waals surface area contributed by atoms with Gasteiger partial charge in [0.05, 0.1) is 0 Å². The summed E-state index contributed by atoms with van der Waals surface area (Å²) in [7, 11) is -1.71. The molecule has 0 aromatic carbocycles. The van der Waals surface area contributed by atoms with Crippen molar-refractivity contribution < 1.29 is 4.11 Å². The van der Waals surface area contributed by atoms with Crippen molar-refractivity contribution in [1.82, 2.24) is 4.98 Å². The molecular formula is C5H13FNSi. The first-order valence-electron chi connectivity index (χ1n) is 2.94. The second-order valence-electron chi connectivity index (χ2n) is 2.03. The summed E-state index contributed by atoms with van der Waals surface area (Å²) in [5, 5.41) is 0. The normalized spacial score (nSPS) is 11.2. The topological polar surface area (TPSA) is 12.0 Å². The van der Waals surface area contributed by atoms with Gasteiger partial charge in [0.2, 0.25) is 0 Å². The van der Waals surface area contributed by atoms with E-state index >= 15 is 0 Å². The Morgan fingerprint density at radius 2 is 2.12 bits per heavy atom. The fourth-order valence-electron chi connectivity index (χ4n) is 0.373. The van der Waals surface area contributed by atoms with Crippen LogP contribution in [0.2, 0.25) is 5.54 Å². The van der Waals surface area contributed by atoms with Crippen molar-refractivity contribution in [3.63, 3.8) is 0 Å². The summed E-state index contributed by atoms with van der Waals surface area (Å²) >= 11 is 0. The van der Waals surface area contributed by atoms with E-state index in [0.29, 0.717) is 0 Å². The Balaban J connectivity index is 3.17. The fraction of sp³-hybridized carbons (Fsp3) is 1.00. The Morgan fingerprint density at radius 3 is 2.25 bits per heavy atom. The molecule has 0 aliphatic rings. The maximum Gasteiger partial charge on any atom is 0.360 e. The number of halogens is 1. The van der Waals surface area contributed by atoms with Gasteiger partial charge in [0.15, 0.2) is 0 Å². The second kappa shape index (κ2) is 4.03. The van der Waals surface area contributed by atoms with Crippen LogP contribution in [0.5, 0.6) is 0 Å². The van der Waals surface area contributed by atoms with Crippen LogP contribution in [0.15, 0.2) is 0 Å². The van der Waals surface area contributed by atoms with Gasteiger partial charge in [-0.15, -0.1) is 0 Å². The van der Waals surface area contributed by atoms with Crippen molar-refractivity contribution >= 4 is 9.29 Å². The smallest absolute Gasteiger partial charge is 0.312 e. The van der Waals surface area contributed by atoms with Crippen molar-refractivity contribution in [3.8, 4) is 0 Å². The molecule has 8 heavy (non-hydrogen) atoms. The van der Waals surface area contributed by atoms with E-state index in [0.717, 1.165) is 6.54 Å². The minimum atomic E-state index is -1.71. The summed E-state index contributed by atoms with van der Waals surface area (Å²) in [6, 6.07) is 0. The fourth-order valence-corrected chi connectivity index (χ4v) is 1.12. The maximum absolute atomic E-state index is 12.5. The van der Waals surface area contributed by atoms with Gasteiger partial charge in [-0.2, -0.15) is 0 Å². The maximum atomic E-state index is 12.5. The van der Waals surface area contributed by atoms with Gasteiger partial charge in [0.1, 0.15) is 0 Å². The van der Waals surface area contributed by atoms with Crippen molar-refractivity contribution in [3.05, 3.63) is 0 Å². The van der Waals surface area contributed by atoms with Crippen LogP contribution < -0.4 is 4.98 Å². The third-order valence-corrected chi connectivity index (χ3v) is 2.56. The molecule has 0 fully saturated rings. The first kappa shape index (κ1) is 8.11. The quantitative estimate of drug-likeness (QED) is 0.455. The zero-order chi connectivity index (χ0) is 6.57. The van der Waals surface area contributed by atoms with E-state index in [2.05, 4.69) is 4.98 Å². The molecule has 1 radical (unpaired) electrons. The van der Waals surface area contributed by atoms with E-state index in [1.54, 1.807) is 0 Å². The van der Waals surface area contributed by atoms with Gasteiger partial charge in [-0.3, -0.25) is 4.11 Å². The van der Waals surface area contributed by atoms with Crippen LogP contribution >= 0.6 is 0 Å². The third kappa shape index (κ3) is 3.15. The minimum Gasteiger partial charge on any atom is -0.312 e. The number of hydrogen-bond donors (Lipinski definition) is 1. The molecule has 0 bridgehead atoms. The monoisotopic (exact) mass is 134 g/mol. The van der Waals surface area contributed by atoms with Gasteiger partial charge in [-0.25, -0.2) is 0 Å². The molecule has 0 rings (SSSR count). The molecule has 0 aromatic rings. The molecule has 0 spiro atoms. The Morgan fingerprint density at radius 1 is 1.62 bits per heavy atom. The van der Waals surface area contributed by atoms with Crippen LogP contribution in [0.1, 0.15) is 20.8 Å². The van der Waals surface area contributed by atoms with E-state index in [1.807, 2.05) is 20.8 Å². The molecular weight excluding hydrogens is 121 g/mol. The van der Waals surface area contributed by atoms with Crippen LogP contribution in [0.3, 0.4) is 0 Å². The highest BCUT2D eigenvalue weighted by Gasteiger charge is 2.13. The molecule has 0 unspecified atom stereocenters. The predicted molar refractivity (Wildman–Crippen MR) is 35.6 cm³/mol. The van der Waals surface area contributed by atoms with Crippen molar-refractivity contribution in [2.75, 3.05) is 6.54 Å². The standard InChI is InChI=1S/C5H13FNSi/c1-4-7-8(6)5(2)3/h5,7H,4H2,1-3H3. The Bertz CT molecular complexity index is 58.4. The van der Waals surface area contributed by atoms with Gasteiger partial charge in [-0.1, -0.05) is 20.8 Å². The summed E-state index contributed by atoms with van der Waals surface area (Å²) in [4.78, 5) is 2.78. The van der Waals surface area contributed by atoms with Crippen LogP contribution in [-0.2, 0) is 0 Å². The molecule has 0 aliphatic heterocycles. The molecule has 49 valence electrons. The highest BCUT2D eigenvalue weighted by Crippen LogP contribution is 2.03. The van der Waals surface area contributed by atoms with Crippen LogP contribution in [0.4, 0.5) is 4.11 Å². The summed E-state index contributed by atoms with van der Waals surface area (Å²) in [5.74, 6) is 0. The molecule has 0 heterocycles. The molecule has 0 atom stereocenters. The SMILES string of the molecule is CCN[Si](F)C(C)C. The van der Waals surface area contributed by atoms with Crippen LogP contribution in [0.25, 0.3) is 0 Å². The lowest BCUT2D eigenvalue weighted by atomic mass is 10.6. The number of nitrogens with one attached hydrogen (secondary N) is 1. The molecule has 0 aromatic heterocycles. The van der Waals surface area contributed by atoms with E-state index in [-0.39, 0.29) is 5.54 Å². The molecule has 3 heteroatoms. The Kier molecular flexibility index (Phi) is 4.09.